The molecule has 0 spiro atoms. The fraction of sp³-hybridized carbons (Fsp3) is 0.133. The van der Waals surface area contributed by atoms with E-state index in [-0.39, 0.29) is 4.90 Å². The summed E-state index contributed by atoms with van der Waals surface area (Å²) in [6, 6.07) is 8.84. The average molecular weight is 301 g/mol. The Morgan fingerprint density at radius 1 is 1.19 bits per heavy atom. The van der Waals surface area contributed by atoms with Crippen molar-refractivity contribution < 1.29 is 8.42 Å². The Kier molecular flexibility index (Phi) is 3.27. The van der Waals surface area contributed by atoms with Gasteiger partial charge in [-0.05, 0) is 43.3 Å². The van der Waals surface area contributed by atoms with Gasteiger partial charge in [0, 0.05) is 23.3 Å². The third-order valence-electron chi connectivity index (χ3n) is 3.48. The number of benzene rings is 1. The summed E-state index contributed by atoms with van der Waals surface area (Å²) in [6.07, 6.45) is 3.65. The van der Waals surface area contributed by atoms with Crippen molar-refractivity contribution in [2.75, 3.05) is 7.05 Å². The van der Waals surface area contributed by atoms with Crippen molar-refractivity contribution in [2.24, 2.45) is 0 Å². The number of hydrogen-bond donors (Lipinski definition) is 2. The zero-order chi connectivity index (χ0) is 15.0. The number of fused-ring (bicyclic) bond motifs is 1. The smallest absolute Gasteiger partial charge is 0.240 e. The van der Waals surface area contributed by atoms with Gasteiger partial charge in [-0.15, -0.1) is 0 Å². The Hall–Kier alpha value is -2.18. The molecule has 1 aromatic carbocycles. The van der Waals surface area contributed by atoms with E-state index >= 15 is 0 Å². The molecule has 0 bridgehead atoms. The average Bonchev–Trinajstić information content (AvgIpc) is 2.88. The molecule has 2 aromatic heterocycles. The van der Waals surface area contributed by atoms with Gasteiger partial charge in [-0.25, -0.2) is 18.1 Å². The number of aromatic amines is 1. The van der Waals surface area contributed by atoms with Crippen molar-refractivity contribution in [1.29, 1.82) is 0 Å². The number of aryl methyl sites for hydroxylation is 1. The van der Waals surface area contributed by atoms with Crippen LogP contribution in [0.4, 0.5) is 0 Å². The fourth-order valence-corrected chi connectivity index (χ4v) is 3.03. The molecule has 0 radical (unpaired) electrons. The number of nitrogens with one attached hydrogen (secondary N) is 2. The fourth-order valence-electron chi connectivity index (χ4n) is 2.25. The van der Waals surface area contributed by atoms with Crippen molar-refractivity contribution in [3.63, 3.8) is 0 Å². The van der Waals surface area contributed by atoms with E-state index in [9.17, 15) is 8.42 Å². The van der Waals surface area contributed by atoms with Crippen molar-refractivity contribution >= 4 is 21.1 Å². The molecule has 0 saturated carbocycles. The third kappa shape index (κ3) is 2.43. The largest absolute Gasteiger partial charge is 0.346 e. The molecule has 108 valence electrons. The number of hydrogen-bond acceptors (Lipinski definition) is 3. The monoisotopic (exact) mass is 301 g/mol. The molecule has 0 amide bonds. The number of rotatable bonds is 3. The van der Waals surface area contributed by atoms with Crippen molar-refractivity contribution in [2.45, 2.75) is 11.8 Å². The second-order valence-electron chi connectivity index (χ2n) is 4.83. The lowest BCUT2D eigenvalue weighted by molar-refractivity contribution is 0.588. The summed E-state index contributed by atoms with van der Waals surface area (Å²) in [5.74, 6) is 0. The molecule has 0 aliphatic carbocycles. The van der Waals surface area contributed by atoms with Crippen LogP contribution in [0, 0.1) is 6.92 Å². The second-order valence-corrected chi connectivity index (χ2v) is 6.71. The predicted octanol–water partition coefficient (Wildman–Crippen LogP) is 2.45. The van der Waals surface area contributed by atoms with Gasteiger partial charge in [0.1, 0.15) is 5.65 Å². The second kappa shape index (κ2) is 4.98. The number of H-pyrrole nitrogens is 1. The SMILES string of the molecule is CNS(=O)(=O)c1cccc(-c2cnc3[nH]cc(C)c3c2)c1. The van der Waals surface area contributed by atoms with Gasteiger partial charge in [-0.1, -0.05) is 12.1 Å². The van der Waals surface area contributed by atoms with Crippen molar-refractivity contribution in [1.82, 2.24) is 14.7 Å². The Morgan fingerprint density at radius 2 is 2.00 bits per heavy atom. The highest BCUT2D eigenvalue weighted by atomic mass is 32.2. The summed E-state index contributed by atoms with van der Waals surface area (Å²) in [5.41, 5.74) is 3.65. The molecule has 0 fully saturated rings. The lowest BCUT2D eigenvalue weighted by Gasteiger charge is -2.06. The van der Waals surface area contributed by atoms with Crippen LogP contribution < -0.4 is 4.72 Å². The highest BCUT2D eigenvalue weighted by Gasteiger charge is 2.12. The maximum Gasteiger partial charge on any atom is 0.240 e. The van der Waals surface area contributed by atoms with Gasteiger partial charge < -0.3 is 4.98 Å². The molecule has 3 aromatic rings. The molecule has 0 saturated heterocycles. The Labute approximate surface area is 123 Å². The van der Waals surface area contributed by atoms with Crippen LogP contribution in [-0.2, 0) is 10.0 Å². The summed E-state index contributed by atoms with van der Waals surface area (Å²) in [6.45, 7) is 2.01. The zero-order valence-electron chi connectivity index (χ0n) is 11.7. The lowest BCUT2D eigenvalue weighted by atomic mass is 10.1. The Morgan fingerprint density at radius 3 is 2.76 bits per heavy atom. The minimum atomic E-state index is -3.45. The summed E-state index contributed by atoms with van der Waals surface area (Å²) in [5, 5.41) is 1.04. The normalized spacial score (nSPS) is 11.9. The van der Waals surface area contributed by atoms with Gasteiger partial charge in [0.15, 0.2) is 0 Å². The van der Waals surface area contributed by atoms with Gasteiger partial charge in [0.2, 0.25) is 10.0 Å². The van der Waals surface area contributed by atoms with Crippen molar-refractivity contribution in [3.8, 4) is 11.1 Å². The first-order valence-electron chi connectivity index (χ1n) is 6.49. The van der Waals surface area contributed by atoms with E-state index in [0.717, 1.165) is 27.7 Å². The van der Waals surface area contributed by atoms with Gasteiger partial charge in [-0.2, -0.15) is 0 Å². The summed E-state index contributed by atoms with van der Waals surface area (Å²) in [7, 11) is -2.04. The minimum absolute atomic E-state index is 0.244. The van der Waals surface area contributed by atoms with Crippen LogP contribution in [0.3, 0.4) is 0 Å². The number of nitrogens with zero attached hydrogens (tertiary/aromatic N) is 1. The van der Waals surface area contributed by atoms with Crippen LogP contribution >= 0.6 is 0 Å². The predicted molar refractivity (Wildman–Crippen MR) is 82.5 cm³/mol. The van der Waals surface area contributed by atoms with E-state index in [2.05, 4.69) is 14.7 Å². The lowest BCUT2D eigenvalue weighted by Crippen LogP contribution is -2.18. The number of sulfonamides is 1. The summed E-state index contributed by atoms with van der Waals surface area (Å²) in [4.78, 5) is 7.71. The maximum absolute atomic E-state index is 11.9. The molecule has 2 heterocycles. The van der Waals surface area contributed by atoms with Crippen LogP contribution in [0.1, 0.15) is 5.56 Å². The molecule has 0 atom stereocenters. The van der Waals surface area contributed by atoms with E-state index in [1.54, 1.807) is 24.4 Å². The number of pyridine rings is 1. The summed E-state index contributed by atoms with van der Waals surface area (Å²) >= 11 is 0. The molecule has 3 rings (SSSR count). The van der Waals surface area contributed by atoms with Crippen LogP contribution in [-0.4, -0.2) is 25.4 Å². The number of aromatic nitrogens is 2. The Bertz CT molecular complexity index is 914. The van der Waals surface area contributed by atoms with Crippen molar-refractivity contribution in [3.05, 3.63) is 48.3 Å². The highest BCUT2D eigenvalue weighted by Crippen LogP contribution is 2.26. The Balaban J connectivity index is 2.14. The van der Waals surface area contributed by atoms with Crippen LogP contribution in [0.5, 0.6) is 0 Å². The molecule has 21 heavy (non-hydrogen) atoms. The zero-order valence-corrected chi connectivity index (χ0v) is 12.5. The van der Waals surface area contributed by atoms with E-state index in [4.69, 9.17) is 0 Å². The molecule has 0 aliphatic rings. The van der Waals surface area contributed by atoms with Gasteiger partial charge in [0.05, 0.1) is 4.90 Å². The van der Waals surface area contributed by atoms with E-state index in [1.807, 2.05) is 25.3 Å². The van der Waals surface area contributed by atoms with Gasteiger partial charge in [0.25, 0.3) is 0 Å². The first-order chi connectivity index (χ1) is 10.0. The molecular weight excluding hydrogens is 286 g/mol. The standard InChI is InChI=1S/C15H15N3O2S/c1-10-8-17-15-14(10)7-12(9-18-15)11-4-3-5-13(6-11)21(19,20)16-2/h3-9,16H,1-2H3,(H,17,18). The van der Waals surface area contributed by atoms with E-state index in [1.165, 1.54) is 7.05 Å². The molecule has 0 unspecified atom stereocenters. The molecule has 5 nitrogen and oxygen atoms in total. The molecule has 2 N–H and O–H groups in total. The first-order valence-corrected chi connectivity index (χ1v) is 7.97. The quantitative estimate of drug-likeness (QED) is 0.780. The van der Waals surface area contributed by atoms with Crippen LogP contribution in [0.2, 0.25) is 0 Å². The summed E-state index contributed by atoms with van der Waals surface area (Å²) < 4.78 is 26.1. The third-order valence-corrected chi connectivity index (χ3v) is 4.90. The molecular formula is C15H15N3O2S. The maximum atomic E-state index is 11.9. The molecule has 0 aliphatic heterocycles. The van der Waals surface area contributed by atoms with E-state index in [0.29, 0.717) is 0 Å². The topological polar surface area (TPSA) is 74.8 Å². The first kappa shape index (κ1) is 13.8. The van der Waals surface area contributed by atoms with E-state index < -0.39 is 10.0 Å². The highest BCUT2D eigenvalue weighted by molar-refractivity contribution is 7.89. The molecule has 6 heteroatoms. The van der Waals surface area contributed by atoms with Gasteiger partial charge >= 0.3 is 0 Å². The van der Waals surface area contributed by atoms with Crippen LogP contribution in [0.15, 0.2) is 47.6 Å². The minimum Gasteiger partial charge on any atom is -0.346 e. The van der Waals surface area contributed by atoms with Crippen LogP contribution in [0.25, 0.3) is 22.2 Å². The van der Waals surface area contributed by atoms with Gasteiger partial charge in [-0.3, -0.25) is 0 Å².